The van der Waals surface area contributed by atoms with Gasteiger partial charge in [0.25, 0.3) is 0 Å². The highest BCUT2D eigenvalue weighted by Gasteiger charge is 2.66. The molecule has 0 N–H and O–H groups in total. The number of benzene rings is 1. The summed E-state index contributed by atoms with van der Waals surface area (Å²) in [6.45, 7) is 2.20. The third-order valence-electron chi connectivity index (χ3n) is 6.10. The zero-order valence-electron chi connectivity index (χ0n) is 11.7. The number of alkyl halides is 1. The molecule has 4 atom stereocenters. The number of hydrogen-bond donors (Lipinski definition) is 0. The number of rotatable bonds is 2. The van der Waals surface area contributed by atoms with Crippen molar-refractivity contribution in [2.24, 2.45) is 23.7 Å². The Balaban J connectivity index is 1.69. The number of aromatic nitrogens is 2. The third kappa shape index (κ3) is 1.29. The topological polar surface area (TPSA) is 17.8 Å². The summed E-state index contributed by atoms with van der Waals surface area (Å²) in [7, 11) is 0. The van der Waals surface area contributed by atoms with E-state index in [-0.39, 0.29) is 0 Å². The minimum Gasteiger partial charge on any atom is -0.323 e. The van der Waals surface area contributed by atoms with Gasteiger partial charge >= 0.3 is 0 Å². The number of nitrogens with zero attached hydrogens (tertiary/aromatic N) is 2. The van der Waals surface area contributed by atoms with Gasteiger partial charge in [0.1, 0.15) is 5.82 Å². The number of aryl methyl sites for hydroxylation is 1. The molecule has 4 unspecified atom stereocenters. The lowest BCUT2D eigenvalue weighted by molar-refractivity contribution is 0.454. The van der Waals surface area contributed by atoms with Crippen molar-refractivity contribution >= 4 is 22.6 Å². The van der Waals surface area contributed by atoms with Crippen LogP contribution in [0.15, 0.2) is 18.2 Å². The largest absolute Gasteiger partial charge is 0.323 e. The van der Waals surface area contributed by atoms with Crippen LogP contribution in [0, 0.1) is 30.6 Å². The fraction of sp³-hybridized carbons (Fsp3) is 0.588. The standard InChI is InChI=1S/C17H19ClN2/c1-9-3-2-4-12-16(9)20(13(8-18)19-12)17-14-10-5-6-11(7-10)15(14)17/h2-4,10-11,14-15,17H,5-8H2,1H3. The number of para-hydroxylation sites is 1. The molecule has 3 saturated carbocycles. The van der Waals surface area contributed by atoms with E-state index in [9.17, 15) is 0 Å². The lowest BCUT2D eigenvalue weighted by atomic mass is 10.0. The van der Waals surface area contributed by atoms with Crippen molar-refractivity contribution in [2.75, 3.05) is 0 Å². The van der Waals surface area contributed by atoms with Gasteiger partial charge < -0.3 is 4.57 Å². The molecule has 20 heavy (non-hydrogen) atoms. The summed E-state index contributed by atoms with van der Waals surface area (Å²) in [5.74, 6) is 5.42. The van der Waals surface area contributed by atoms with Gasteiger partial charge in [0.15, 0.2) is 0 Å². The van der Waals surface area contributed by atoms with Crippen LogP contribution in [-0.2, 0) is 5.88 Å². The van der Waals surface area contributed by atoms with Crippen molar-refractivity contribution in [1.82, 2.24) is 9.55 Å². The molecular formula is C17H19ClN2. The molecule has 3 aliphatic carbocycles. The van der Waals surface area contributed by atoms with Crippen LogP contribution < -0.4 is 0 Å². The Morgan fingerprint density at radius 3 is 2.70 bits per heavy atom. The van der Waals surface area contributed by atoms with Crippen molar-refractivity contribution in [3.63, 3.8) is 0 Å². The van der Waals surface area contributed by atoms with Crippen molar-refractivity contribution in [1.29, 1.82) is 0 Å². The predicted octanol–water partition coefficient (Wildman–Crippen LogP) is 4.30. The second kappa shape index (κ2) is 3.79. The molecule has 0 saturated heterocycles. The molecule has 0 spiro atoms. The Hall–Kier alpha value is -1.02. The van der Waals surface area contributed by atoms with Gasteiger partial charge in [0, 0.05) is 6.04 Å². The molecular weight excluding hydrogens is 268 g/mol. The van der Waals surface area contributed by atoms with Gasteiger partial charge in [-0.2, -0.15) is 0 Å². The Kier molecular flexibility index (Phi) is 2.20. The molecule has 2 nitrogen and oxygen atoms in total. The molecule has 3 aliphatic rings. The first kappa shape index (κ1) is 11.6. The van der Waals surface area contributed by atoms with Crippen LogP contribution in [0.3, 0.4) is 0 Å². The molecule has 2 bridgehead atoms. The van der Waals surface area contributed by atoms with Crippen LogP contribution >= 0.6 is 11.6 Å². The maximum absolute atomic E-state index is 6.19. The van der Waals surface area contributed by atoms with E-state index in [0.29, 0.717) is 11.9 Å². The summed E-state index contributed by atoms with van der Waals surface area (Å²) in [6.07, 6.45) is 4.42. The molecule has 1 aromatic carbocycles. The van der Waals surface area contributed by atoms with Crippen molar-refractivity contribution in [2.45, 2.75) is 38.1 Å². The SMILES string of the molecule is Cc1cccc2nc(CCl)n(C3C4C5CCC(C5)C43)c12. The summed E-state index contributed by atoms with van der Waals surface area (Å²) < 4.78 is 2.51. The summed E-state index contributed by atoms with van der Waals surface area (Å²) in [5.41, 5.74) is 3.80. The lowest BCUT2D eigenvalue weighted by Gasteiger charge is -2.14. The molecule has 2 aromatic rings. The van der Waals surface area contributed by atoms with Gasteiger partial charge in [-0.25, -0.2) is 4.98 Å². The van der Waals surface area contributed by atoms with E-state index in [0.717, 1.165) is 35.0 Å². The van der Waals surface area contributed by atoms with Crippen molar-refractivity contribution in [3.05, 3.63) is 29.6 Å². The number of halogens is 1. The Morgan fingerprint density at radius 1 is 1.25 bits per heavy atom. The fourth-order valence-corrected chi connectivity index (χ4v) is 5.60. The van der Waals surface area contributed by atoms with Gasteiger partial charge in [-0.05, 0) is 61.5 Å². The molecule has 0 amide bonds. The first-order valence-electron chi connectivity index (χ1n) is 7.82. The second-order valence-corrected chi connectivity index (χ2v) is 7.22. The molecule has 104 valence electrons. The van der Waals surface area contributed by atoms with E-state index in [4.69, 9.17) is 16.6 Å². The highest BCUT2D eigenvalue weighted by Crippen LogP contribution is 2.72. The average molecular weight is 287 g/mol. The molecule has 1 aromatic heterocycles. The monoisotopic (exact) mass is 286 g/mol. The summed E-state index contributed by atoms with van der Waals surface area (Å²) in [5, 5.41) is 0. The van der Waals surface area contributed by atoms with Gasteiger partial charge in [0.05, 0.1) is 16.9 Å². The van der Waals surface area contributed by atoms with Gasteiger partial charge in [-0.3, -0.25) is 0 Å². The average Bonchev–Trinajstić information content (AvgIpc) is 2.82. The van der Waals surface area contributed by atoms with Crippen LogP contribution in [0.1, 0.15) is 36.7 Å². The van der Waals surface area contributed by atoms with Crippen LogP contribution in [0.25, 0.3) is 11.0 Å². The molecule has 3 fully saturated rings. The van der Waals surface area contributed by atoms with E-state index in [2.05, 4.69) is 29.7 Å². The van der Waals surface area contributed by atoms with Crippen molar-refractivity contribution in [3.8, 4) is 0 Å². The summed E-state index contributed by atoms with van der Waals surface area (Å²) in [6, 6.07) is 7.12. The smallest absolute Gasteiger partial charge is 0.125 e. The van der Waals surface area contributed by atoms with Gasteiger partial charge in [-0.15, -0.1) is 11.6 Å². The van der Waals surface area contributed by atoms with E-state index >= 15 is 0 Å². The molecule has 1 heterocycles. The zero-order chi connectivity index (χ0) is 13.4. The van der Waals surface area contributed by atoms with E-state index < -0.39 is 0 Å². The van der Waals surface area contributed by atoms with E-state index in [1.54, 1.807) is 0 Å². The normalized spacial score (nSPS) is 37.6. The Morgan fingerprint density at radius 2 is 2.00 bits per heavy atom. The minimum absolute atomic E-state index is 0.527. The fourth-order valence-electron chi connectivity index (χ4n) is 5.41. The highest BCUT2D eigenvalue weighted by molar-refractivity contribution is 6.16. The van der Waals surface area contributed by atoms with Crippen molar-refractivity contribution < 1.29 is 0 Å². The second-order valence-electron chi connectivity index (χ2n) is 6.95. The van der Waals surface area contributed by atoms with E-state index in [1.165, 1.54) is 30.3 Å². The highest BCUT2D eigenvalue weighted by atomic mass is 35.5. The van der Waals surface area contributed by atoms with Gasteiger partial charge in [-0.1, -0.05) is 12.1 Å². The minimum atomic E-state index is 0.527. The van der Waals surface area contributed by atoms with E-state index in [1.807, 2.05) is 0 Å². The zero-order valence-corrected chi connectivity index (χ0v) is 12.5. The maximum Gasteiger partial charge on any atom is 0.125 e. The van der Waals surface area contributed by atoms with Gasteiger partial charge in [0.2, 0.25) is 0 Å². The lowest BCUT2D eigenvalue weighted by Crippen LogP contribution is -2.08. The summed E-state index contributed by atoms with van der Waals surface area (Å²) >= 11 is 6.19. The Bertz CT molecular complexity index is 688. The van der Waals surface area contributed by atoms with Crippen LogP contribution in [-0.4, -0.2) is 9.55 Å². The predicted molar refractivity (Wildman–Crippen MR) is 80.9 cm³/mol. The first-order chi connectivity index (χ1) is 9.79. The number of imidazole rings is 1. The van der Waals surface area contributed by atoms with Crippen LogP contribution in [0.4, 0.5) is 0 Å². The third-order valence-corrected chi connectivity index (χ3v) is 6.34. The molecule has 3 heteroatoms. The molecule has 5 rings (SSSR count). The van der Waals surface area contributed by atoms with Crippen LogP contribution in [0.5, 0.6) is 0 Å². The maximum atomic E-state index is 6.19. The Labute approximate surface area is 124 Å². The molecule has 0 aliphatic heterocycles. The summed E-state index contributed by atoms with van der Waals surface area (Å²) in [4.78, 5) is 4.78. The quantitative estimate of drug-likeness (QED) is 0.753. The molecule has 0 radical (unpaired) electrons. The van der Waals surface area contributed by atoms with Crippen LogP contribution in [0.2, 0.25) is 0 Å². The first-order valence-corrected chi connectivity index (χ1v) is 8.35. The number of hydrogen-bond acceptors (Lipinski definition) is 1. The number of fused-ring (bicyclic) bond motifs is 6.